The molecule has 2 fully saturated rings. The van der Waals surface area contributed by atoms with Crippen LogP contribution in [0.15, 0.2) is 0 Å². The number of nitrogens with zero attached hydrogens (tertiary/aromatic N) is 10. The Balaban J connectivity index is 2.26. The summed E-state index contributed by atoms with van der Waals surface area (Å²) in [7, 11) is 9.12. The molecule has 2 atom stereocenters. The van der Waals surface area contributed by atoms with Crippen LogP contribution in [-0.2, 0) is 71.5 Å². The molecule has 2 N–H and O–H groups in total. The summed E-state index contributed by atoms with van der Waals surface area (Å²) in [6.45, 7) is 7.17. The lowest BCUT2D eigenvalue weighted by Crippen LogP contribution is -2.51. The van der Waals surface area contributed by atoms with E-state index in [4.69, 9.17) is 33.2 Å². The minimum absolute atomic E-state index is 0.000461. The van der Waals surface area contributed by atoms with Crippen LogP contribution in [0.2, 0.25) is 0 Å². The zero-order valence-electron chi connectivity index (χ0n) is 44.9. The number of aliphatic hydroxyl groups excluding tert-OH is 2. The highest BCUT2D eigenvalue weighted by molar-refractivity contribution is 5.73. The molecule has 426 valence electrons. The maximum absolute atomic E-state index is 12.7. The molecule has 27 heteroatoms. The molecule has 0 saturated carbocycles. The number of esters is 7. The highest BCUT2D eigenvalue weighted by Gasteiger charge is 2.26. The van der Waals surface area contributed by atoms with Gasteiger partial charge >= 0.3 is 41.8 Å². The average Bonchev–Trinajstić information content (AvgIpc) is 3.38. The molecule has 2 aliphatic heterocycles. The van der Waals surface area contributed by atoms with Gasteiger partial charge in [-0.05, 0) is 0 Å². The van der Waals surface area contributed by atoms with E-state index in [1.807, 2.05) is 39.2 Å². The van der Waals surface area contributed by atoms with E-state index < -0.39 is 54.0 Å². The molecule has 0 aromatic carbocycles. The van der Waals surface area contributed by atoms with Crippen molar-refractivity contribution in [1.29, 1.82) is 0 Å². The van der Waals surface area contributed by atoms with Crippen molar-refractivity contribution in [2.24, 2.45) is 0 Å². The molecule has 0 radical (unpaired) electrons. The Morgan fingerprint density at radius 2 is 0.595 bits per heavy atom. The summed E-state index contributed by atoms with van der Waals surface area (Å²) in [6.07, 6.45) is -1.25. The Morgan fingerprint density at radius 3 is 0.824 bits per heavy atom. The molecule has 2 heterocycles. The maximum Gasteiger partial charge on any atom is 0.319 e. The third kappa shape index (κ3) is 29.0. The van der Waals surface area contributed by atoms with E-state index in [2.05, 4.69) is 0 Å². The molecular formula is C47H86N10O17. The lowest BCUT2D eigenvalue weighted by atomic mass is 10.2. The van der Waals surface area contributed by atoms with Gasteiger partial charge in [-0.3, -0.25) is 82.6 Å². The first-order valence-electron chi connectivity index (χ1n) is 25.0. The SMILES string of the molecule is COC(=O)CN1CCN(CC(=O)OC)CCN(CC(O)CN(CC=O)CCN(CC(=O)OC)CC(O)CN2CCN(CC(=O)OC)CCN(CC(=O)OC)CCN(CC(=O)OC)CC2)CCN(CC(=O)OC)CC1. The summed E-state index contributed by atoms with van der Waals surface area (Å²) >= 11 is 0. The van der Waals surface area contributed by atoms with Crippen molar-refractivity contribution in [3.8, 4) is 0 Å². The van der Waals surface area contributed by atoms with Crippen LogP contribution in [0.25, 0.3) is 0 Å². The predicted octanol–water partition coefficient (Wildman–Crippen LogP) is -5.83. The van der Waals surface area contributed by atoms with Crippen molar-refractivity contribution in [2.45, 2.75) is 12.2 Å². The van der Waals surface area contributed by atoms with Gasteiger partial charge in [0.2, 0.25) is 0 Å². The third-order valence-corrected chi connectivity index (χ3v) is 12.9. The summed E-state index contributed by atoms with van der Waals surface area (Å²) in [4.78, 5) is 118. The van der Waals surface area contributed by atoms with Crippen molar-refractivity contribution in [3.05, 3.63) is 0 Å². The van der Waals surface area contributed by atoms with E-state index >= 15 is 0 Å². The van der Waals surface area contributed by atoms with Crippen molar-refractivity contribution >= 4 is 48.1 Å². The number of aliphatic hydroxyl groups is 2. The second-order valence-electron chi connectivity index (χ2n) is 18.3. The quantitative estimate of drug-likeness (QED) is 0.0441. The van der Waals surface area contributed by atoms with Crippen molar-refractivity contribution in [3.63, 3.8) is 0 Å². The molecule has 27 nitrogen and oxygen atoms in total. The minimum atomic E-state index is -1.00. The number of β-amino-alcohol motifs (C(OH)–C–C–N with tert-alkyl or cyclic N) is 2. The monoisotopic (exact) mass is 1060 g/mol. The number of ether oxygens (including phenoxy) is 7. The van der Waals surface area contributed by atoms with E-state index in [1.165, 1.54) is 49.8 Å². The van der Waals surface area contributed by atoms with Gasteiger partial charge in [-0.15, -0.1) is 0 Å². The smallest absolute Gasteiger partial charge is 0.319 e. The number of carbonyl (C=O) groups is 8. The Bertz CT molecular complexity index is 1620. The van der Waals surface area contributed by atoms with Crippen LogP contribution < -0.4 is 0 Å². The summed E-state index contributed by atoms with van der Waals surface area (Å²) in [5.41, 5.74) is 0. The lowest BCUT2D eigenvalue weighted by Gasteiger charge is -2.35. The molecule has 0 aliphatic carbocycles. The summed E-state index contributed by atoms with van der Waals surface area (Å²) in [6, 6.07) is 0. The van der Waals surface area contributed by atoms with Crippen molar-refractivity contribution < 1.29 is 81.7 Å². The molecule has 0 spiro atoms. The highest BCUT2D eigenvalue weighted by atomic mass is 16.5. The molecule has 74 heavy (non-hydrogen) atoms. The highest BCUT2D eigenvalue weighted by Crippen LogP contribution is 2.08. The van der Waals surface area contributed by atoms with Gasteiger partial charge in [0.1, 0.15) is 6.29 Å². The van der Waals surface area contributed by atoms with E-state index in [-0.39, 0.29) is 91.6 Å². The number of rotatable bonds is 27. The van der Waals surface area contributed by atoms with Crippen LogP contribution in [0.3, 0.4) is 0 Å². The summed E-state index contributed by atoms with van der Waals surface area (Å²) in [5, 5.41) is 23.3. The number of aldehydes is 1. The van der Waals surface area contributed by atoms with E-state index in [1.54, 1.807) is 9.80 Å². The van der Waals surface area contributed by atoms with E-state index in [0.29, 0.717) is 105 Å². The Morgan fingerprint density at radius 1 is 0.378 bits per heavy atom. The number of hydrogen-bond acceptors (Lipinski definition) is 27. The summed E-state index contributed by atoms with van der Waals surface area (Å²) in [5.74, 6) is -3.11. The number of hydrogen-bond donors (Lipinski definition) is 2. The zero-order valence-corrected chi connectivity index (χ0v) is 44.9. The van der Waals surface area contributed by atoms with Gasteiger partial charge in [0.05, 0.1) is 114 Å². The van der Waals surface area contributed by atoms with Crippen LogP contribution >= 0.6 is 0 Å². The van der Waals surface area contributed by atoms with Crippen LogP contribution in [0.4, 0.5) is 0 Å². The van der Waals surface area contributed by atoms with Gasteiger partial charge in [-0.2, -0.15) is 0 Å². The minimum Gasteiger partial charge on any atom is -0.468 e. The first kappa shape index (κ1) is 65.6. The number of methoxy groups -OCH3 is 7. The topological polar surface area (TPSA) is 274 Å². The maximum atomic E-state index is 12.7. The fourth-order valence-electron chi connectivity index (χ4n) is 8.39. The molecule has 0 aromatic rings. The van der Waals surface area contributed by atoms with Crippen molar-refractivity contribution in [1.82, 2.24) is 49.0 Å². The van der Waals surface area contributed by atoms with Gasteiger partial charge in [0.15, 0.2) is 0 Å². The Labute approximate surface area is 436 Å². The normalized spacial score (nSPS) is 18.6. The largest absolute Gasteiger partial charge is 0.468 e. The van der Waals surface area contributed by atoms with Crippen LogP contribution in [-0.4, -0.2) is 366 Å². The summed E-state index contributed by atoms with van der Waals surface area (Å²) < 4.78 is 34.6. The first-order valence-corrected chi connectivity index (χ1v) is 25.0. The van der Waals surface area contributed by atoms with Crippen LogP contribution in [0, 0.1) is 0 Å². The average molecular weight is 1060 g/mol. The van der Waals surface area contributed by atoms with Crippen LogP contribution in [0.1, 0.15) is 0 Å². The fourth-order valence-corrected chi connectivity index (χ4v) is 8.39. The van der Waals surface area contributed by atoms with Gasteiger partial charge in [-0.1, -0.05) is 0 Å². The van der Waals surface area contributed by atoms with Gasteiger partial charge in [-0.25, -0.2) is 0 Å². The van der Waals surface area contributed by atoms with Gasteiger partial charge in [0, 0.05) is 144 Å². The molecule has 2 aliphatic rings. The van der Waals surface area contributed by atoms with E-state index in [9.17, 15) is 48.6 Å². The van der Waals surface area contributed by atoms with Gasteiger partial charge in [0.25, 0.3) is 0 Å². The second-order valence-corrected chi connectivity index (χ2v) is 18.3. The Hall–Kier alpha value is -4.52. The molecule has 0 bridgehead atoms. The number of carbonyl (C=O) groups excluding carboxylic acids is 8. The van der Waals surface area contributed by atoms with E-state index in [0.717, 1.165) is 6.29 Å². The van der Waals surface area contributed by atoms with Crippen molar-refractivity contribution in [2.75, 3.05) is 246 Å². The third-order valence-electron chi connectivity index (χ3n) is 12.9. The molecular weight excluding hydrogens is 977 g/mol. The fraction of sp³-hybridized carbons (Fsp3) is 0.830. The molecule has 0 amide bonds. The molecule has 2 saturated heterocycles. The lowest BCUT2D eigenvalue weighted by molar-refractivity contribution is -0.144. The zero-order chi connectivity index (χ0) is 54.8. The predicted molar refractivity (Wildman–Crippen MR) is 267 cm³/mol. The standard InChI is InChI=1S/C47H86N10O17/c1-68-41(61)32-50-12-8-48(9-13-51(33-42(62)69-2)17-21-54(20-16-50)36-45(65)72-5)28-39(59)30-56(26-27-58)24-25-57(38-47(67)74-7)31-40(60)29-49-10-14-52(34-43(63)70-3)18-22-55(37-46(66)73-6)23-19-53(15-11-49)35-44(64)71-4/h27,39-40,59-60H,8-26,28-38H2,1-7H3. The molecule has 0 aromatic heterocycles. The Kier molecular flexibility index (Phi) is 33.8. The second kappa shape index (κ2) is 38.1. The van der Waals surface area contributed by atoms with Gasteiger partial charge < -0.3 is 48.2 Å². The first-order chi connectivity index (χ1) is 35.4. The van der Waals surface area contributed by atoms with Crippen LogP contribution in [0.5, 0.6) is 0 Å². The molecule has 2 unspecified atom stereocenters. The molecule has 2 rings (SSSR count).